The molecule has 0 bridgehead atoms. The molecule has 0 aromatic heterocycles. The number of hydrogen-bond acceptors (Lipinski definition) is 4. The molecule has 0 fully saturated rings. The molecular formula is C17H23F2NO3. The van der Waals surface area contributed by atoms with Gasteiger partial charge in [-0.05, 0) is 44.0 Å². The first-order valence-corrected chi connectivity index (χ1v) is 7.73. The van der Waals surface area contributed by atoms with Gasteiger partial charge in [0.1, 0.15) is 11.6 Å². The minimum absolute atomic E-state index is 0.195. The first kappa shape index (κ1) is 19.2. The van der Waals surface area contributed by atoms with Crippen molar-refractivity contribution < 1.29 is 23.1 Å². The molecule has 0 spiro atoms. The number of carbonyl (C=O) groups is 2. The molecule has 0 saturated heterocycles. The van der Waals surface area contributed by atoms with Gasteiger partial charge in [0.25, 0.3) is 0 Å². The van der Waals surface area contributed by atoms with E-state index in [2.05, 4.69) is 5.32 Å². The monoisotopic (exact) mass is 327 g/mol. The minimum Gasteiger partial charge on any atom is -0.466 e. The fourth-order valence-electron chi connectivity index (χ4n) is 2.06. The van der Waals surface area contributed by atoms with Crippen molar-refractivity contribution in [3.05, 3.63) is 35.4 Å². The van der Waals surface area contributed by atoms with E-state index < -0.39 is 29.4 Å². The second-order valence-electron chi connectivity index (χ2n) is 5.69. The molecule has 1 unspecified atom stereocenters. The van der Waals surface area contributed by atoms with Crippen LogP contribution in [-0.4, -0.2) is 30.9 Å². The fraction of sp³-hybridized carbons (Fsp3) is 0.529. The van der Waals surface area contributed by atoms with Crippen molar-refractivity contribution in [3.63, 3.8) is 0 Å². The number of ketones is 1. The van der Waals surface area contributed by atoms with Crippen molar-refractivity contribution in [3.8, 4) is 0 Å². The van der Waals surface area contributed by atoms with Gasteiger partial charge in [-0.15, -0.1) is 0 Å². The van der Waals surface area contributed by atoms with Crippen LogP contribution < -0.4 is 5.32 Å². The Labute approximate surface area is 135 Å². The van der Waals surface area contributed by atoms with Gasteiger partial charge in [-0.3, -0.25) is 9.59 Å². The molecule has 23 heavy (non-hydrogen) atoms. The van der Waals surface area contributed by atoms with Crippen LogP contribution >= 0.6 is 0 Å². The number of rotatable bonds is 9. The molecule has 1 aromatic rings. The van der Waals surface area contributed by atoms with Crippen LogP contribution in [0.1, 0.15) is 44.0 Å². The quantitative estimate of drug-likeness (QED) is 0.559. The van der Waals surface area contributed by atoms with E-state index in [1.807, 2.05) is 13.8 Å². The Kier molecular flexibility index (Phi) is 7.81. The first-order chi connectivity index (χ1) is 10.8. The minimum atomic E-state index is -0.941. The summed E-state index contributed by atoms with van der Waals surface area (Å²) in [5.74, 6) is -2.31. The molecule has 4 nitrogen and oxygen atoms in total. The van der Waals surface area contributed by atoms with Crippen molar-refractivity contribution in [1.29, 1.82) is 0 Å². The van der Waals surface area contributed by atoms with E-state index in [9.17, 15) is 18.4 Å². The van der Waals surface area contributed by atoms with E-state index >= 15 is 0 Å². The Balaban J connectivity index is 2.89. The summed E-state index contributed by atoms with van der Waals surface area (Å²) in [5, 5.41) is 2.95. The Morgan fingerprint density at radius 1 is 1.26 bits per heavy atom. The van der Waals surface area contributed by atoms with E-state index in [1.54, 1.807) is 6.92 Å². The Bertz CT molecular complexity index is 547. The summed E-state index contributed by atoms with van der Waals surface area (Å²) in [6, 6.07) is 1.75. The Morgan fingerprint density at radius 2 is 1.96 bits per heavy atom. The van der Waals surface area contributed by atoms with Gasteiger partial charge in [-0.2, -0.15) is 0 Å². The van der Waals surface area contributed by atoms with E-state index in [4.69, 9.17) is 4.74 Å². The van der Waals surface area contributed by atoms with Crippen LogP contribution in [0.4, 0.5) is 8.78 Å². The number of halogens is 2. The fourth-order valence-corrected chi connectivity index (χ4v) is 2.06. The van der Waals surface area contributed by atoms with Crippen LogP contribution in [0.2, 0.25) is 0 Å². The van der Waals surface area contributed by atoms with Gasteiger partial charge in [0.05, 0.1) is 24.6 Å². The van der Waals surface area contributed by atoms with Crippen LogP contribution in [-0.2, 0) is 9.53 Å². The second-order valence-corrected chi connectivity index (χ2v) is 5.69. The van der Waals surface area contributed by atoms with Gasteiger partial charge in [0, 0.05) is 0 Å². The third kappa shape index (κ3) is 6.44. The molecule has 0 aliphatic carbocycles. The van der Waals surface area contributed by atoms with Crippen molar-refractivity contribution in [2.45, 2.75) is 39.7 Å². The number of benzene rings is 1. The number of ether oxygens (including phenoxy) is 1. The first-order valence-electron chi connectivity index (χ1n) is 7.73. The largest absolute Gasteiger partial charge is 0.466 e. The maximum absolute atomic E-state index is 13.8. The normalized spacial score (nSPS) is 12.3. The molecule has 0 aliphatic heterocycles. The molecule has 1 atom stereocenters. The number of esters is 1. The van der Waals surface area contributed by atoms with Gasteiger partial charge >= 0.3 is 5.97 Å². The third-order valence-electron chi connectivity index (χ3n) is 3.30. The zero-order valence-electron chi connectivity index (χ0n) is 13.7. The zero-order valence-corrected chi connectivity index (χ0v) is 13.7. The maximum atomic E-state index is 13.8. The number of carbonyl (C=O) groups excluding carboxylic acids is 2. The van der Waals surface area contributed by atoms with Crippen molar-refractivity contribution in [2.75, 3.05) is 13.2 Å². The highest BCUT2D eigenvalue weighted by Crippen LogP contribution is 2.14. The maximum Gasteiger partial charge on any atom is 0.307 e. The molecule has 1 aromatic carbocycles. The van der Waals surface area contributed by atoms with Crippen LogP contribution in [0.5, 0.6) is 0 Å². The van der Waals surface area contributed by atoms with Crippen LogP contribution in [0.25, 0.3) is 0 Å². The number of Topliss-reactive ketones (excluding diaryl/α,β-unsaturated/α-hetero) is 1. The van der Waals surface area contributed by atoms with Gasteiger partial charge in [-0.1, -0.05) is 13.8 Å². The molecular weight excluding hydrogens is 304 g/mol. The van der Waals surface area contributed by atoms with Crippen molar-refractivity contribution >= 4 is 11.8 Å². The highest BCUT2D eigenvalue weighted by atomic mass is 19.1. The van der Waals surface area contributed by atoms with E-state index in [-0.39, 0.29) is 18.6 Å². The van der Waals surface area contributed by atoms with Gasteiger partial charge in [-0.25, -0.2) is 8.78 Å². The Morgan fingerprint density at radius 3 is 2.57 bits per heavy atom. The van der Waals surface area contributed by atoms with Crippen molar-refractivity contribution in [2.24, 2.45) is 5.92 Å². The highest BCUT2D eigenvalue weighted by molar-refractivity contribution is 6.02. The summed E-state index contributed by atoms with van der Waals surface area (Å²) in [4.78, 5) is 24.1. The van der Waals surface area contributed by atoms with E-state index in [1.165, 1.54) is 0 Å². The molecule has 1 N–H and O–H groups in total. The molecule has 0 heterocycles. The van der Waals surface area contributed by atoms with E-state index in [0.29, 0.717) is 12.5 Å². The zero-order chi connectivity index (χ0) is 17.4. The highest BCUT2D eigenvalue weighted by Gasteiger charge is 2.26. The summed E-state index contributed by atoms with van der Waals surface area (Å²) >= 11 is 0. The lowest BCUT2D eigenvalue weighted by Crippen LogP contribution is -2.40. The lowest BCUT2D eigenvalue weighted by molar-refractivity contribution is -0.143. The average molecular weight is 327 g/mol. The summed E-state index contributed by atoms with van der Waals surface area (Å²) in [6.07, 6.45) is 0.568. The number of nitrogens with one attached hydrogen (secondary N) is 1. The Hall–Kier alpha value is -1.82. The van der Waals surface area contributed by atoms with Crippen molar-refractivity contribution in [1.82, 2.24) is 5.32 Å². The van der Waals surface area contributed by atoms with Crippen LogP contribution in [0, 0.1) is 17.6 Å². The van der Waals surface area contributed by atoms with E-state index in [0.717, 1.165) is 24.6 Å². The molecule has 0 radical (unpaired) electrons. The lowest BCUT2D eigenvalue weighted by atomic mass is 10.00. The molecule has 0 saturated carbocycles. The molecule has 0 amide bonds. The van der Waals surface area contributed by atoms with Crippen LogP contribution in [0.15, 0.2) is 18.2 Å². The summed E-state index contributed by atoms with van der Waals surface area (Å²) in [6.45, 7) is 6.39. The standard InChI is InChI=1S/C17H23F2NO3/c1-4-23-16(21)10-15(20-8-7-11(2)3)17(22)13-9-12(18)5-6-14(13)19/h5-6,9,11,15,20H,4,7-8,10H2,1-3H3. The van der Waals surface area contributed by atoms with Crippen LogP contribution in [0.3, 0.4) is 0 Å². The summed E-state index contributed by atoms with van der Waals surface area (Å²) < 4.78 is 31.9. The lowest BCUT2D eigenvalue weighted by Gasteiger charge is -2.18. The smallest absolute Gasteiger partial charge is 0.307 e. The molecule has 128 valence electrons. The van der Waals surface area contributed by atoms with Gasteiger partial charge < -0.3 is 10.1 Å². The molecule has 1 rings (SSSR count). The SMILES string of the molecule is CCOC(=O)CC(NCCC(C)C)C(=O)c1cc(F)ccc1F. The second kappa shape index (κ2) is 9.35. The molecule has 0 aliphatic rings. The summed E-state index contributed by atoms with van der Waals surface area (Å²) in [5.41, 5.74) is -0.364. The predicted molar refractivity (Wildman–Crippen MR) is 83.2 cm³/mol. The predicted octanol–water partition coefficient (Wildman–Crippen LogP) is 3.11. The molecule has 6 heteroatoms. The summed E-state index contributed by atoms with van der Waals surface area (Å²) in [7, 11) is 0. The van der Waals surface area contributed by atoms with Gasteiger partial charge in [0.2, 0.25) is 0 Å². The number of hydrogen-bond donors (Lipinski definition) is 1. The third-order valence-corrected chi connectivity index (χ3v) is 3.30. The van der Waals surface area contributed by atoms with Gasteiger partial charge in [0.15, 0.2) is 5.78 Å². The average Bonchev–Trinajstić information content (AvgIpc) is 2.48. The topological polar surface area (TPSA) is 55.4 Å².